The number of rotatable bonds is 6. The average Bonchev–Trinajstić information content (AvgIpc) is 2.93. The van der Waals surface area contributed by atoms with Gasteiger partial charge in [0.1, 0.15) is 5.82 Å². The topological polar surface area (TPSA) is 64.2 Å². The molecule has 1 aromatic carbocycles. The van der Waals surface area contributed by atoms with Gasteiger partial charge in [0.2, 0.25) is 0 Å². The summed E-state index contributed by atoms with van der Waals surface area (Å²) in [5, 5.41) is 4.32. The molecule has 0 saturated carbocycles. The molecule has 0 aliphatic heterocycles. The third-order valence-electron chi connectivity index (χ3n) is 3.96. The lowest BCUT2D eigenvalue weighted by Crippen LogP contribution is -2.35. The summed E-state index contributed by atoms with van der Waals surface area (Å²) in [4.78, 5) is 14.2. The van der Waals surface area contributed by atoms with Crippen LogP contribution < -0.4 is 5.73 Å². The summed E-state index contributed by atoms with van der Waals surface area (Å²) >= 11 is 3.37. The van der Waals surface area contributed by atoms with Gasteiger partial charge in [0.25, 0.3) is 5.91 Å². The number of hydrogen-bond acceptors (Lipinski definition) is 3. The third kappa shape index (κ3) is 4.42. The number of benzene rings is 1. The molecule has 0 fully saturated rings. The van der Waals surface area contributed by atoms with Crippen molar-refractivity contribution in [3.8, 4) is 5.69 Å². The van der Waals surface area contributed by atoms with Gasteiger partial charge in [-0.05, 0) is 52.5 Å². The molecule has 24 heavy (non-hydrogen) atoms. The van der Waals surface area contributed by atoms with Crippen molar-refractivity contribution < 1.29 is 9.18 Å². The Morgan fingerprint density at radius 1 is 1.38 bits per heavy atom. The van der Waals surface area contributed by atoms with Gasteiger partial charge in [-0.25, -0.2) is 9.07 Å². The lowest BCUT2D eigenvalue weighted by atomic mass is 10.0. The van der Waals surface area contributed by atoms with Gasteiger partial charge in [-0.2, -0.15) is 5.10 Å². The minimum atomic E-state index is -0.317. The quantitative estimate of drug-likeness (QED) is 0.814. The first-order valence-corrected chi connectivity index (χ1v) is 8.61. The maximum atomic E-state index is 13.0. The molecule has 1 aromatic heterocycles. The fraction of sp³-hybridized carbons (Fsp3) is 0.412. The van der Waals surface area contributed by atoms with Crippen LogP contribution >= 0.6 is 15.9 Å². The number of nitrogens with two attached hydrogens (primary N) is 1. The van der Waals surface area contributed by atoms with Crippen LogP contribution in [0.3, 0.4) is 0 Å². The summed E-state index contributed by atoms with van der Waals surface area (Å²) in [6, 6.07) is 5.97. The van der Waals surface area contributed by atoms with Crippen LogP contribution in [0, 0.1) is 11.7 Å². The molecule has 130 valence electrons. The molecular formula is C17H22BrFN4O. The highest BCUT2D eigenvalue weighted by Gasteiger charge is 2.20. The van der Waals surface area contributed by atoms with Crippen molar-refractivity contribution in [3.63, 3.8) is 0 Å². The van der Waals surface area contributed by atoms with Crippen LogP contribution in [-0.4, -0.2) is 40.2 Å². The molecule has 1 amide bonds. The smallest absolute Gasteiger partial charge is 0.275 e. The van der Waals surface area contributed by atoms with Gasteiger partial charge in [-0.15, -0.1) is 0 Å². The first-order chi connectivity index (χ1) is 11.3. The van der Waals surface area contributed by atoms with E-state index in [-0.39, 0.29) is 17.8 Å². The van der Waals surface area contributed by atoms with E-state index in [0.717, 1.165) is 6.42 Å². The van der Waals surface area contributed by atoms with Crippen LogP contribution in [0.4, 0.5) is 4.39 Å². The lowest BCUT2D eigenvalue weighted by Gasteiger charge is -2.21. The van der Waals surface area contributed by atoms with Crippen LogP contribution in [0.2, 0.25) is 0 Å². The number of carbonyl (C=O) groups is 1. The van der Waals surface area contributed by atoms with Gasteiger partial charge in [0, 0.05) is 25.8 Å². The molecule has 0 spiro atoms. The molecule has 0 aliphatic carbocycles. The Labute approximate surface area is 149 Å². The Morgan fingerprint density at radius 3 is 2.58 bits per heavy atom. The fourth-order valence-corrected chi connectivity index (χ4v) is 2.63. The molecule has 5 nitrogen and oxygen atoms in total. The highest BCUT2D eigenvalue weighted by atomic mass is 79.9. The van der Waals surface area contributed by atoms with E-state index >= 15 is 0 Å². The van der Waals surface area contributed by atoms with E-state index < -0.39 is 0 Å². The summed E-state index contributed by atoms with van der Waals surface area (Å²) < 4.78 is 15.2. The van der Waals surface area contributed by atoms with E-state index in [1.807, 2.05) is 0 Å². The van der Waals surface area contributed by atoms with Crippen LogP contribution in [0.25, 0.3) is 5.69 Å². The number of amides is 1. The molecule has 0 aliphatic rings. The fourth-order valence-electron chi connectivity index (χ4n) is 2.18. The van der Waals surface area contributed by atoms with Crippen LogP contribution in [0.1, 0.15) is 30.8 Å². The summed E-state index contributed by atoms with van der Waals surface area (Å²) in [5.41, 5.74) is 7.03. The zero-order valence-corrected chi connectivity index (χ0v) is 15.6. The number of halogens is 2. The van der Waals surface area contributed by atoms with E-state index in [9.17, 15) is 9.18 Å². The molecule has 1 unspecified atom stereocenters. The predicted molar refractivity (Wildman–Crippen MR) is 95.6 cm³/mol. The number of aromatic nitrogens is 2. The van der Waals surface area contributed by atoms with Crippen molar-refractivity contribution in [2.75, 3.05) is 13.6 Å². The lowest BCUT2D eigenvalue weighted by molar-refractivity contribution is 0.0782. The van der Waals surface area contributed by atoms with E-state index in [0.29, 0.717) is 28.3 Å². The van der Waals surface area contributed by atoms with E-state index in [2.05, 4.69) is 34.9 Å². The molecule has 0 bridgehead atoms. The highest BCUT2D eigenvalue weighted by Crippen LogP contribution is 2.20. The second-order valence-corrected chi connectivity index (χ2v) is 7.02. The normalized spacial score (nSPS) is 12.5. The average molecular weight is 397 g/mol. The monoisotopic (exact) mass is 396 g/mol. The van der Waals surface area contributed by atoms with Crippen molar-refractivity contribution in [1.82, 2.24) is 14.7 Å². The third-order valence-corrected chi connectivity index (χ3v) is 4.54. The van der Waals surface area contributed by atoms with Crippen molar-refractivity contribution >= 4 is 21.8 Å². The van der Waals surface area contributed by atoms with Crippen molar-refractivity contribution in [3.05, 3.63) is 46.4 Å². The zero-order valence-electron chi connectivity index (χ0n) is 14.0. The molecule has 2 rings (SSSR count). The van der Waals surface area contributed by atoms with Crippen molar-refractivity contribution in [1.29, 1.82) is 0 Å². The first-order valence-electron chi connectivity index (χ1n) is 7.81. The molecule has 1 heterocycles. The van der Waals surface area contributed by atoms with Crippen LogP contribution in [-0.2, 0) is 0 Å². The van der Waals surface area contributed by atoms with Crippen molar-refractivity contribution in [2.45, 2.75) is 26.3 Å². The summed E-state index contributed by atoms with van der Waals surface area (Å²) in [6.07, 6.45) is 2.42. The van der Waals surface area contributed by atoms with Crippen LogP contribution in [0.5, 0.6) is 0 Å². The van der Waals surface area contributed by atoms with Gasteiger partial charge >= 0.3 is 0 Å². The van der Waals surface area contributed by atoms with Gasteiger partial charge < -0.3 is 10.6 Å². The first kappa shape index (κ1) is 18.6. The number of nitrogens with zero attached hydrogens (tertiary/aromatic N) is 3. The van der Waals surface area contributed by atoms with E-state index in [1.165, 1.54) is 12.1 Å². The standard InChI is InChI=1S/C17H22BrFN4O/c1-11(2)15(20)8-9-22(3)17(24)16-14(18)10-23(21-16)13-6-4-12(19)5-7-13/h4-7,10-11,15H,8-9,20H2,1-3H3. The van der Waals surface area contributed by atoms with Gasteiger partial charge in [-0.3, -0.25) is 4.79 Å². The highest BCUT2D eigenvalue weighted by molar-refractivity contribution is 9.10. The maximum Gasteiger partial charge on any atom is 0.275 e. The molecule has 0 saturated heterocycles. The van der Waals surface area contributed by atoms with Gasteiger partial charge in [0.05, 0.1) is 10.2 Å². The maximum absolute atomic E-state index is 13.0. The molecule has 2 aromatic rings. The largest absolute Gasteiger partial charge is 0.340 e. The molecular weight excluding hydrogens is 375 g/mol. The Hall–Kier alpha value is -1.73. The van der Waals surface area contributed by atoms with E-state index in [4.69, 9.17) is 5.73 Å². The molecule has 1 atom stereocenters. The van der Waals surface area contributed by atoms with Crippen LogP contribution in [0.15, 0.2) is 34.9 Å². The second kappa shape index (κ2) is 7.90. The minimum absolute atomic E-state index is 0.0560. The van der Waals surface area contributed by atoms with Gasteiger partial charge in [0.15, 0.2) is 5.69 Å². The second-order valence-electron chi connectivity index (χ2n) is 6.17. The number of hydrogen-bond donors (Lipinski definition) is 1. The summed E-state index contributed by atoms with van der Waals surface area (Å²) in [6.45, 7) is 4.69. The summed E-state index contributed by atoms with van der Waals surface area (Å²) in [7, 11) is 1.73. The Bertz CT molecular complexity index is 699. The SMILES string of the molecule is CC(C)C(N)CCN(C)C(=O)c1nn(-c2ccc(F)cc2)cc1Br. The molecule has 7 heteroatoms. The Morgan fingerprint density at radius 2 is 2.00 bits per heavy atom. The summed E-state index contributed by atoms with van der Waals surface area (Å²) in [5.74, 6) is -0.126. The Kier molecular flexibility index (Phi) is 6.12. The van der Waals surface area contributed by atoms with Gasteiger partial charge in [-0.1, -0.05) is 13.8 Å². The Balaban J connectivity index is 2.11. The molecule has 2 N–H and O–H groups in total. The minimum Gasteiger partial charge on any atom is -0.340 e. The van der Waals surface area contributed by atoms with Crippen molar-refractivity contribution in [2.24, 2.45) is 11.7 Å². The van der Waals surface area contributed by atoms with E-state index in [1.54, 1.807) is 35.0 Å². The zero-order chi connectivity index (χ0) is 17.9. The number of carbonyl (C=O) groups excluding carboxylic acids is 1. The predicted octanol–water partition coefficient (Wildman–Crippen LogP) is 3.22. The molecule has 0 radical (unpaired) electrons.